The first kappa shape index (κ1) is 20.4. The number of thioether (sulfide) groups is 1. The predicted octanol–water partition coefficient (Wildman–Crippen LogP) is 2.30. The van der Waals surface area contributed by atoms with Gasteiger partial charge in [0, 0.05) is 19.6 Å². The summed E-state index contributed by atoms with van der Waals surface area (Å²) in [6.45, 7) is 3.04. The molecule has 0 atom stereocenters. The van der Waals surface area contributed by atoms with Crippen LogP contribution in [0.1, 0.15) is 5.56 Å². The van der Waals surface area contributed by atoms with Gasteiger partial charge in [0.1, 0.15) is 6.54 Å². The number of ether oxygens (including phenoxy) is 1. The van der Waals surface area contributed by atoms with E-state index in [1.807, 2.05) is 64.1 Å². The molecule has 0 unspecified atom stereocenters. The number of amides is 2. The number of nitrogens with zero attached hydrogens (tertiary/aromatic N) is 3. The normalized spacial score (nSPS) is 14.1. The molecule has 1 saturated heterocycles. The van der Waals surface area contributed by atoms with E-state index in [2.05, 4.69) is 10.3 Å². The van der Waals surface area contributed by atoms with Crippen molar-refractivity contribution in [3.63, 3.8) is 0 Å². The minimum absolute atomic E-state index is 0.0652. The third-order valence-electron chi connectivity index (χ3n) is 4.94. The van der Waals surface area contributed by atoms with Crippen molar-refractivity contribution >= 4 is 34.6 Å². The Morgan fingerprint density at radius 3 is 2.57 bits per heavy atom. The quantitative estimate of drug-likeness (QED) is 0.589. The van der Waals surface area contributed by atoms with Crippen LogP contribution in [0.15, 0.2) is 59.8 Å². The number of morpholine rings is 1. The Balaban J connectivity index is 1.44. The molecular weight excluding hydrogens is 400 g/mol. The number of hydrogen-bond acceptors (Lipinski definition) is 5. The van der Waals surface area contributed by atoms with Crippen LogP contribution in [0.2, 0.25) is 0 Å². The van der Waals surface area contributed by atoms with E-state index in [9.17, 15) is 9.59 Å². The maximum Gasteiger partial charge on any atom is 0.240 e. The molecule has 7 nitrogen and oxygen atoms in total. The summed E-state index contributed by atoms with van der Waals surface area (Å²) >= 11 is 1.37. The zero-order chi connectivity index (χ0) is 20.8. The molecular formula is C22H24N4O3S. The Bertz CT molecular complexity index is 1020. The Morgan fingerprint density at radius 2 is 1.77 bits per heavy atom. The minimum atomic E-state index is -0.0941. The van der Waals surface area contributed by atoms with Gasteiger partial charge in [-0.3, -0.25) is 9.59 Å². The highest BCUT2D eigenvalue weighted by Gasteiger charge is 2.19. The molecule has 1 aliphatic heterocycles. The van der Waals surface area contributed by atoms with Crippen molar-refractivity contribution in [3.05, 3.63) is 60.2 Å². The molecule has 30 heavy (non-hydrogen) atoms. The van der Waals surface area contributed by atoms with Crippen LogP contribution in [0.25, 0.3) is 11.0 Å². The molecule has 2 amide bonds. The van der Waals surface area contributed by atoms with Crippen LogP contribution in [-0.4, -0.2) is 58.3 Å². The van der Waals surface area contributed by atoms with Gasteiger partial charge in [0.15, 0.2) is 5.16 Å². The van der Waals surface area contributed by atoms with E-state index < -0.39 is 0 Å². The molecule has 156 valence electrons. The fourth-order valence-corrected chi connectivity index (χ4v) is 4.26. The number of rotatable bonds is 7. The number of carbonyl (C=O) groups excluding carboxylic acids is 2. The Hall–Kier alpha value is -2.84. The maximum absolute atomic E-state index is 12.6. The molecule has 1 aliphatic rings. The van der Waals surface area contributed by atoms with E-state index in [-0.39, 0.29) is 24.1 Å². The fraction of sp³-hybridized carbons (Fsp3) is 0.318. The van der Waals surface area contributed by atoms with E-state index in [0.717, 1.165) is 16.6 Å². The molecule has 2 aromatic carbocycles. The summed E-state index contributed by atoms with van der Waals surface area (Å²) in [5.41, 5.74) is 2.75. The second kappa shape index (κ2) is 9.77. The first-order valence-corrected chi connectivity index (χ1v) is 10.9. The summed E-state index contributed by atoms with van der Waals surface area (Å²) in [4.78, 5) is 31.6. The molecule has 4 rings (SSSR count). The van der Waals surface area contributed by atoms with Crippen molar-refractivity contribution in [3.8, 4) is 0 Å². The van der Waals surface area contributed by atoms with Crippen molar-refractivity contribution in [2.45, 2.75) is 18.2 Å². The van der Waals surface area contributed by atoms with Crippen molar-refractivity contribution in [2.24, 2.45) is 0 Å². The molecule has 0 bridgehead atoms. The lowest BCUT2D eigenvalue weighted by molar-refractivity contribution is -0.132. The number of nitrogens with one attached hydrogen (secondary N) is 1. The Kier molecular flexibility index (Phi) is 6.66. The SMILES string of the molecule is O=C(Cn1c(SCC(=O)N2CCOCC2)nc2ccccc21)NCc1ccccc1. The average molecular weight is 425 g/mol. The van der Waals surface area contributed by atoms with Crippen LogP contribution < -0.4 is 5.32 Å². The fourth-order valence-electron chi connectivity index (χ4n) is 3.34. The lowest BCUT2D eigenvalue weighted by Crippen LogP contribution is -2.41. The molecule has 0 spiro atoms. The van der Waals surface area contributed by atoms with E-state index in [1.54, 1.807) is 0 Å². The van der Waals surface area contributed by atoms with E-state index in [4.69, 9.17) is 4.74 Å². The second-order valence-electron chi connectivity index (χ2n) is 7.01. The largest absolute Gasteiger partial charge is 0.378 e. The summed E-state index contributed by atoms with van der Waals surface area (Å²) in [6, 6.07) is 17.5. The third kappa shape index (κ3) is 5.01. The number of imidazole rings is 1. The molecule has 1 aromatic heterocycles. The van der Waals surface area contributed by atoms with Crippen LogP contribution in [0.4, 0.5) is 0 Å². The Morgan fingerprint density at radius 1 is 1.03 bits per heavy atom. The molecule has 2 heterocycles. The molecule has 1 N–H and O–H groups in total. The van der Waals surface area contributed by atoms with Crippen LogP contribution in [0, 0.1) is 0 Å². The molecule has 0 aliphatic carbocycles. The highest BCUT2D eigenvalue weighted by Crippen LogP contribution is 2.24. The van der Waals surface area contributed by atoms with Gasteiger partial charge in [0.25, 0.3) is 0 Å². The third-order valence-corrected chi connectivity index (χ3v) is 5.90. The Labute approximate surface area is 179 Å². The van der Waals surface area contributed by atoms with Gasteiger partial charge in [0.2, 0.25) is 11.8 Å². The van der Waals surface area contributed by atoms with Gasteiger partial charge in [-0.15, -0.1) is 0 Å². The maximum atomic E-state index is 12.6. The van der Waals surface area contributed by atoms with E-state index in [1.165, 1.54) is 11.8 Å². The second-order valence-corrected chi connectivity index (χ2v) is 7.96. The zero-order valence-corrected chi connectivity index (χ0v) is 17.4. The van der Waals surface area contributed by atoms with Gasteiger partial charge in [0.05, 0.1) is 30.0 Å². The lowest BCUT2D eigenvalue weighted by atomic mass is 10.2. The van der Waals surface area contributed by atoms with E-state index >= 15 is 0 Å². The number of para-hydroxylation sites is 2. The smallest absolute Gasteiger partial charge is 0.240 e. The summed E-state index contributed by atoms with van der Waals surface area (Å²) in [6.07, 6.45) is 0. The molecule has 0 saturated carbocycles. The van der Waals surface area contributed by atoms with Crippen LogP contribution in [0.3, 0.4) is 0 Å². The summed E-state index contributed by atoms with van der Waals surface area (Å²) in [5.74, 6) is 0.258. The van der Waals surface area contributed by atoms with Gasteiger partial charge >= 0.3 is 0 Å². The minimum Gasteiger partial charge on any atom is -0.378 e. The van der Waals surface area contributed by atoms with Gasteiger partial charge in [-0.25, -0.2) is 4.98 Å². The average Bonchev–Trinajstić information content (AvgIpc) is 3.14. The van der Waals surface area contributed by atoms with Crippen LogP contribution in [-0.2, 0) is 27.4 Å². The van der Waals surface area contributed by atoms with Crippen LogP contribution in [0.5, 0.6) is 0 Å². The number of aromatic nitrogens is 2. The van der Waals surface area contributed by atoms with Crippen molar-refractivity contribution < 1.29 is 14.3 Å². The van der Waals surface area contributed by atoms with Gasteiger partial charge in [-0.2, -0.15) is 0 Å². The summed E-state index contributed by atoms with van der Waals surface area (Å²) < 4.78 is 7.19. The number of benzene rings is 2. The first-order valence-electron chi connectivity index (χ1n) is 9.95. The summed E-state index contributed by atoms with van der Waals surface area (Å²) in [7, 11) is 0. The first-order chi connectivity index (χ1) is 14.7. The van der Waals surface area contributed by atoms with E-state index in [0.29, 0.717) is 38.0 Å². The van der Waals surface area contributed by atoms with Gasteiger partial charge in [-0.1, -0.05) is 54.2 Å². The topological polar surface area (TPSA) is 76.5 Å². The zero-order valence-electron chi connectivity index (χ0n) is 16.6. The lowest BCUT2D eigenvalue weighted by Gasteiger charge is -2.26. The summed E-state index contributed by atoms with van der Waals surface area (Å²) in [5, 5.41) is 3.63. The highest BCUT2D eigenvalue weighted by atomic mass is 32.2. The molecule has 3 aromatic rings. The monoisotopic (exact) mass is 424 g/mol. The van der Waals surface area contributed by atoms with Gasteiger partial charge < -0.3 is 19.5 Å². The molecule has 8 heteroatoms. The number of fused-ring (bicyclic) bond motifs is 1. The number of carbonyl (C=O) groups is 2. The van der Waals surface area contributed by atoms with Crippen molar-refractivity contribution in [1.29, 1.82) is 0 Å². The number of hydrogen-bond donors (Lipinski definition) is 1. The standard InChI is InChI=1S/C22H24N4O3S/c27-20(23-14-17-6-2-1-3-7-17)15-26-19-9-5-4-8-18(19)24-22(26)30-16-21(28)25-10-12-29-13-11-25/h1-9H,10-16H2,(H,23,27). The molecule has 1 fully saturated rings. The molecule has 0 radical (unpaired) electrons. The van der Waals surface area contributed by atoms with Crippen molar-refractivity contribution in [1.82, 2.24) is 19.8 Å². The van der Waals surface area contributed by atoms with Crippen molar-refractivity contribution in [2.75, 3.05) is 32.1 Å². The highest BCUT2D eigenvalue weighted by molar-refractivity contribution is 7.99. The predicted molar refractivity (Wildman–Crippen MR) is 116 cm³/mol. The van der Waals surface area contributed by atoms with Crippen LogP contribution >= 0.6 is 11.8 Å². The van der Waals surface area contributed by atoms with Gasteiger partial charge in [-0.05, 0) is 17.7 Å².